The molecule has 0 bridgehead atoms. The molecule has 0 spiro atoms. The Balaban J connectivity index is 3.17. The summed E-state index contributed by atoms with van der Waals surface area (Å²) >= 11 is 0. The molecule has 0 unspecified atom stereocenters. The van der Waals surface area contributed by atoms with E-state index in [-0.39, 0.29) is 25.2 Å². The van der Waals surface area contributed by atoms with E-state index in [1.807, 2.05) is 0 Å². The van der Waals surface area contributed by atoms with Gasteiger partial charge in [0.25, 0.3) is 0 Å². The van der Waals surface area contributed by atoms with Crippen LogP contribution >= 0.6 is 0 Å². The summed E-state index contributed by atoms with van der Waals surface area (Å²) in [7, 11) is -0.243. The Morgan fingerprint density at radius 3 is 1.11 bits per heavy atom. The molecule has 0 saturated carbocycles. The van der Waals surface area contributed by atoms with Crippen molar-refractivity contribution in [3.05, 3.63) is 15.9 Å². The van der Waals surface area contributed by atoms with Crippen molar-refractivity contribution in [3.8, 4) is 0 Å². The maximum Gasteiger partial charge on any atom is 0.0244 e. The minimum absolute atomic E-state index is 0.0810. The predicted octanol–water partition coefficient (Wildman–Crippen LogP) is 0.375. The molecule has 0 aliphatic carbocycles. The molecule has 0 amide bonds. The third-order valence-electron chi connectivity index (χ3n) is 1.37. The summed E-state index contributed by atoms with van der Waals surface area (Å²) in [6.07, 6.45) is 0. The fourth-order valence-electron chi connectivity index (χ4n) is 1.20. The predicted molar refractivity (Wildman–Crippen MR) is 47.2 cm³/mol. The molecule has 0 aliphatic heterocycles. The van der Waals surface area contributed by atoms with Crippen molar-refractivity contribution in [2.24, 2.45) is 19.6 Å². The fraction of sp³-hybridized carbons (Fsp3) is 0.500. The van der Waals surface area contributed by atoms with Crippen molar-refractivity contribution >= 4 is 25.2 Å². The van der Waals surface area contributed by atoms with Crippen LogP contribution in [0.1, 0.15) is 0 Å². The van der Waals surface area contributed by atoms with Gasteiger partial charge in [0, 0.05) is 25.2 Å². The molecule has 0 atom stereocenters. The van der Waals surface area contributed by atoms with Crippen LogP contribution in [0.25, 0.3) is 0 Å². The van der Waals surface area contributed by atoms with Crippen LogP contribution in [-0.4, -0.2) is 25.2 Å². The topological polar surface area (TPSA) is 0 Å². The van der Waals surface area contributed by atoms with E-state index in [9.17, 15) is 0 Å². The van der Waals surface area contributed by atoms with Crippen molar-refractivity contribution in [2.75, 3.05) is 0 Å². The Labute approximate surface area is 61.2 Å². The lowest BCUT2D eigenvalue weighted by molar-refractivity contribution is 1.91. The van der Waals surface area contributed by atoms with Crippen LogP contribution in [0.15, 0.2) is 15.9 Å². The van der Waals surface area contributed by atoms with Crippen LogP contribution in [0.4, 0.5) is 0 Å². The van der Waals surface area contributed by atoms with Gasteiger partial charge in [-0.05, 0) is 0 Å². The number of rotatable bonds is 0. The van der Waals surface area contributed by atoms with Crippen LogP contribution in [0.5, 0.6) is 0 Å². The van der Waals surface area contributed by atoms with Gasteiger partial charge in [0.05, 0.1) is 0 Å². The van der Waals surface area contributed by atoms with Crippen molar-refractivity contribution in [1.29, 1.82) is 0 Å². The fourth-order valence-corrected chi connectivity index (χ4v) is 13.1. The number of hydrogen-bond acceptors (Lipinski definition) is 0. The zero-order chi connectivity index (χ0) is 6.85. The standard InChI is InChI=1S/C6H12Si3/c1-7-4-8(2)6-9(3)5-7/h4-6H,1-3H3. The van der Waals surface area contributed by atoms with E-state index in [1.165, 1.54) is 0 Å². The second-order valence-electron chi connectivity index (χ2n) is 2.67. The molecule has 0 N–H and O–H groups in total. The van der Waals surface area contributed by atoms with Crippen molar-refractivity contribution in [1.82, 2.24) is 0 Å². The van der Waals surface area contributed by atoms with Gasteiger partial charge in [0.2, 0.25) is 0 Å². The van der Waals surface area contributed by atoms with E-state index in [0.29, 0.717) is 0 Å². The average molecular weight is 168 g/mol. The highest BCUT2D eigenvalue weighted by molar-refractivity contribution is 6.77. The van der Waals surface area contributed by atoms with E-state index in [0.717, 1.165) is 0 Å². The third-order valence-corrected chi connectivity index (χ3v) is 12.3. The summed E-state index contributed by atoms with van der Waals surface area (Å²) < 4.78 is 0. The highest BCUT2D eigenvalue weighted by Gasteiger charge is 1.89. The molecule has 48 valence electrons. The molecular weight excluding hydrogens is 156 g/mol. The van der Waals surface area contributed by atoms with Gasteiger partial charge in [-0.15, -0.1) is 0 Å². The maximum absolute atomic E-state index is 2.60. The first kappa shape index (κ1) is 7.37. The summed E-state index contributed by atoms with van der Waals surface area (Å²) in [5, 5.41) is 7.81. The zero-order valence-corrected chi connectivity index (χ0v) is 9.23. The summed E-state index contributed by atoms with van der Waals surface area (Å²) in [4.78, 5) is 0. The first-order chi connectivity index (χ1) is 4.18. The highest BCUT2D eigenvalue weighted by atomic mass is 28.3. The first-order valence-electron chi connectivity index (χ1n) is 3.23. The largest absolute Gasteiger partial charge is 0.0943 e. The first-order valence-corrected chi connectivity index (χ1v) is 9.70. The highest BCUT2D eigenvalue weighted by Crippen LogP contribution is 1.79. The van der Waals surface area contributed by atoms with E-state index < -0.39 is 0 Å². The summed E-state index contributed by atoms with van der Waals surface area (Å²) in [5.74, 6) is 0. The lowest BCUT2D eigenvalue weighted by Crippen LogP contribution is -2.08. The van der Waals surface area contributed by atoms with Crippen LogP contribution in [0.3, 0.4) is 0 Å². The molecule has 0 nitrogen and oxygen atoms in total. The maximum atomic E-state index is 2.60. The summed E-state index contributed by atoms with van der Waals surface area (Å²) in [5.41, 5.74) is 0. The Kier molecular flexibility index (Phi) is 2.37. The Morgan fingerprint density at radius 2 is 0.889 bits per heavy atom. The quantitative estimate of drug-likeness (QED) is 0.491. The second kappa shape index (κ2) is 2.90. The lowest BCUT2D eigenvalue weighted by atomic mass is 11.8. The molecule has 0 radical (unpaired) electrons. The molecule has 0 fully saturated rings. The number of aryl methyl sites for hydroxylation is 3. The molecule has 1 aromatic rings. The Bertz CT molecular complexity index is 169. The molecule has 3 heteroatoms. The SMILES string of the molecule is C[si]1c[si](C)c[si](C)c1. The van der Waals surface area contributed by atoms with E-state index in [4.69, 9.17) is 0 Å². The van der Waals surface area contributed by atoms with E-state index in [2.05, 4.69) is 35.5 Å². The Morgan fingerprint density at radius 1 is 0.667 bits per heavy atom. The molecule has 9 heavy (non-hydrogen) atoms. The van der Waals surface area contributed by atoms with Gasteiger partial charge in [0.15, 0.2) is 0 Å². The molecule has 0 aliphatic rings. The van der Waals surface area contributed by atoms with Crippen molar-refractivity contribution in [3.63, 3.8) is 0 Å². The minimum Gasteiger partial charge on any atom is -0.0943 e. The molecule has 0 aromatic carbocycles. The van der Waals surface area contributed by atoms with Crippen LogP contribution in [0, 0.1) is 0 Å². The van der Waals surface area contributed by atoms with Gasteiger partial charge >= 0.3 is 0 Å². The van der Waals surface area contributed by atoms with E-state index >= 15 is 0 Å². The van der Waals surface area contributed by atoms with Crippen molar-refractivity contribution in [2.45, 2.75) is 0 Å². The van der Waals surface area contributed by atoms with Gasteiger partial charge in [-0.1, -0.05) is 35.5 Å². The molecular formula is C6H12Si3. The van der Waals surface area contributed by atoms with Gasteiger partial charge in [-0.3, -0.25) is 0 Å². The minimum atomic E-state index is -0.0810. The lowest BCUT2D eigenvalue weighted by Gasteiger charge is -1.94. The van der Waals surface area contributed by atoms with Gasteiger partial charge in [-0.25, -0.2) is 0 Å². The Hall–Kier alpha value is 0.261. The third kappa shape index (κ3) is 2.15. The smallest absolute Gasteiger partial charge is 0.0244 e. The summed E-state index contributed by atoms with van der Waals surface area (Å²) in [6, 6.07) is 0. The second-order valence-corrected chi connectivity index (χ2v) is 10.6. The van der Waals surface area contributed by atoms with Crippen LogP contribution in [0.2, 0.25) is 0 Å². The number of hydrogen-bond donors (Lipinski definition) is 0. The van der Waals surface area contributed by atoms with E-state index in [1.54, 1.807) is 0 Å². The van der Waals surface area contributed by atoms with Gasteiger partial charge < -0.3 is 0 Å². The molecule has 1 heterocycles. The van der Waals surface area contributed by atoms with Gasteiger partial charge in [-0.2, -0.15) is 0 Å². The van der Waals surface area contributed by atoms with Crippen LogP contribution < -0.4 is 0 Å². The summed E-state index contributed by atoms with van der Waals surface area (Å²) in [6.45, 7) is 7.21. The van der Waals surface area contributed by atoms with Crippen LogP contribution in [-0.2, 0) is 19.6 Å². The average Bonchev–Trinajstić information content (AvgIpc) is 1.59. The molecule has 1 rings (SSSR count). The molecule has 0 saturated heterocycles. The monoisotopic (exact) mass is 168 g/mol. The normalized spacial score (nSPS) is 9.67. The van der Waals surface area contributed by atoms with Crippen molar-refractivity contribution < 1.29 is 0 Å². The zero-order valence-electron chi connectivity index (χ0n) is 6.23. The van der Waals surface area contributed by atoms with Gasteiger partial charge in [0.1, 0.15) is 0 Å². The molecule has 1 aromatic heterocycles.